The maximum absolute atomic E-state index is 13.8. The van der Waals surface area contributed by atoms with E-state index in [4.69, 9.17) is 0 Å². The summed E-state index contributed by atoms with van der Waals surface area (Å²) in [5.74, 6) is -0.795. The number of hydrogen-bond donors (Lipinski definition) is 0. The topological polar surface area (TPSA) is 23.6 Å². The highest BCUT2D eigenvalue weighted by molar-refractivity contribution is 5.79. The van der Waals surface area contributed by atoms with E-state index in [1.807, 2.05) is 0 Å². The highest BCUT2D eigenvalue weighted by atomic mass is 19.1. The van der Waals surface area contributed by atoms with Crippen molar-refractivity contribution in [1.29, 1.82) is 0 Å². The van der Waals surface area contributed by atoms with Gasteiger partial charge in [-0.3, -0.25) is 9.69 Å². The smallest absolute Gasteiger partial charge is 0.223 e. The molecule has 1 unspecified atom stereocenters. The molecule has 2 aliphatic heterocycles. The summed E-state index contributed by atoms with van der Waals surface area (Å²) < 4.78 is 40.0. The fourth-order valence-corrected chi connectivity index (χ4v) is 4.14. The largest absolute Gasteiger partial charge is 0.334 e. The molecule has 0 aromatic heterocycles. The Morgan fingerprint density at radius 3 is 2.75 bits per heavy atom. The summed E-state index contributed by atoms with van der Waals surface area (Å²) in [6, 6.07) is 3.52. The molecule has 0 saturated carbocycles. The normalized spacial score (nSPS) is 25.5. The number of halogens is 3. The Morgan fingerprint density at radius 2 is 1.96 bits per heavy atom. The maximum Gasteiger partial charge on any atom is 0.223 e. The molecule has 2 heterocycles. The molecule has 1 atom stereocenters. The van der Waals surface area contributed by atoms with Crippen molar-refractivity contribution in [2.24, 2.45) is 0 Å². The molecule has 1 aromatic rings. The lowest BCUT2D eigenvalue weighted by molar-refractivity contribution is -0.131. The Kier molecular flexibility index (Phi) is 5.13. The van der Waals surface area contributed by atoms with Crippen molar-refractivity contribution in [3.8, 4) is 0 Å². The van der Waals surface area contributed by atoms with Crippen LogP contribution in [0.4, 0.5) is 13.2 Å². The number of nitrogens with zero attached hydrogens (tertiary/aromatic N) is 2. The molecule has 132 valence electrons. The number of amides is 1. The van der Waals surface area contributed by atoms with Gasteiger partial charge >= 0.3 is 0 Å². The second-order valence-corrected chi connectivity index (χ2v) is 6.82. The Bertz CT molecular complexity index is 610. The Balaban J connectivity index is 1.69. The number of carbonyl (C=O) groups is 1. The minimum absolute atomic E-state index is 0.0391. The molecule has 24 heavy (non-hydrogen) atoms. The van der Waals surface area contributed by atoms with E-state index < -0.39 is 18.3 Å². The van der Waals surface area contributed by atoms with Gasteiger partial charge in [-0.05, 0) is 50.4 Å². The van der Waals surface area contributed by atoms with E-state index >= 15 is 0 Å². The molecule has 6 heteroatoms. The SMILES string of the molecule is O=C1CCC2(CCCN(Cc3cc(F)ccc3F)CC2)N1CCF. The van der Waals surface area contributed by atoms with Crippen LogP contribution >= 0.6 is 0 Å². The van der Waals surface area contributed by atoms with Gasteiger partial charge in [0, 0.05) is 37.2 Å². The molecule has 2 fully saturated rings. The Labute approximate surface area is 140 Å². The fraction of sp³-hybridized carbons (Fsp3) is 0.611. The highest BCUT2D eigenvalue weighted by Crippen LogP contribution is 2.39. The molecule has 0 radical (unpaired) electrons. The third-order valence-electron chi connectivity index (χ3n) is 5.40. The van der Waals surface area contributed by atoms with Crippen LogP contribution < -0.4 is 0 Å². The zero-order valence-corrected chi connectivity index (χ0v) is 13.7. The summed E-state index contributed by atoms with van der Waals surface area (Å²) in [5.41, 5.74) is 0.104. The molecule has 3 rings (SSSR count). The van der Waals surface area contributed by atoms with Crippen molar-refractivity contribution in [3.63, 3.8) is 0 Å². The lowest BCUT2D eigenvalue weighted by Gasteiger charge is -2.37. The molecule has 1 aromatic carbocycles. The zero-order chi connectivity index (χ0) is 17.2. The maximum atomic E-state index is 13.8. The molecule has 0 aliphatic carbocycles. The van der Waals surface area contributed by atoms with E-state index in [1.165, 1.54) is 6.07 Å². The molecule has 2 saturated heterocycles. The van der Waals surface area contributed by atoms with E-state index in [-0.39, 0.29) is 18.0 Å². The fourth-order valence-electron chi connectivity index (χ4n) is 4.14. The van der Waals surface area contributed by atoms with Gasteiger partial charge in [-0.15, -0.1) is 0 Å². The van der Waals surface area contributed by atoms with Crippen LogP contribution in [-0.4, -0.2) is 47.6 Å². The van der Waals surface area contributed by atoms with Gasteiger partial charge in [0.15, 0.2) is 0 Å². The van der Waals surface area contributed by atoms with Gasteiger partial charge in [0.2, 0.25) is 5.91 Å². The first-order valence-corrected chi connectivity index (χ1v) is 8.57. The van der Waals surface area contributed by atoms with E-state index in [9.17, 15) is 18.0 Å². The van der Waals surface area contributed by atoms with Gasteiger partial charge in [-0.25, -0.2) is 13.2 Å². The minimum atomic E-state index is -0.522. The van der Waals surface area contributed by atoms with Crippen LogP contribution in [0.25, 0.3) is 0 Å². The van der Waals surface area contributed by atoms with Crippen LogP contribution in [0.15, 0.2) is 18.2 Å². The first-order chi connectivity index (χ1) is 11.5. The predicted octanol–water partition coefficient (Wildman–Crippen LogP) is 3.28. The number of hydrogen-bond acceptors (Lipinski definition) is 2. The van der Waals surface area contributed by atoms with Crippen molar-refractivity contribution in [2.45, 2.75) is 44.2 Å². The van der Waals surface area contributed by atoms with E-state index in [1.54, 1.807) is 4.90 Å². The summed E-state index contributed by atoms with van der Waals surface area (Å²) in [4.78, 5) is 15.9. The third kappa shape index (κ3) is 3.43. The van der Waals surface area contributed by atoms with Crippen LogP contribution in [-0.2, 0) is 11.3 Å². The summed E-state index contributed by atoms with van der Waals surface area (Å²) in [7, 11) is 0. The number of rotatable bonds is 4. The van der Waals surface area contributed by atoms with Gasteiger partial charge in [0.1, 0.15) is 18.3 Å². The van der Waals surface area contributed by atoms with E-state index in [2.05, 4.69) is 4.90 Å². The summed E-state index contributed by atoms with van der Waals surface area (Å²) in [6.45, 7) is 1.47. The minimum Gasteiger partial charge on any atom is -0.334 e. The van der Waals surface area contributed by atoms with Crippen molar-refractivity contribution in [3.05, 3.63) is 35.4 Å². The van der Waals surface area contributed by atoms with Gasteiger partial charge in [0.25, 0.3) is 0 Å². The average Bonchev–Trinajstić information content (AvgIpc) is 2.73. The Hall–Kier alpha value is -1.56. The van der Waals surface area contributed by atoms with Gasteiger partial charge in [-0.1, -0.05) is 0 Å². The Morgan fingerprint density at radius 1 is 1.12 bits per heavy atom. The van der Waals surface area contributed by atoms with Crippen LogP contribution in [0.1, 0.15) is 37.7 Å². The third-order valence-corrected chi connectivity index (χ3v) is 5.40. The summed E-state index contributed by atoms with van der Waals surface area (Å²) in [5, 5.41) is 0. The van der Waals surface area contributed by atoms with Crippen LogP contribution in [0.3, 0.4) is 0 Å². The molecule has 3 nitrogen and oxygen atoms in total. The summed E-state index contributed by atoms with van der Waals surface area (Å²) >= 11 is 0. The monoisotopic (exact) mass is 340 g/mol. The van der Waals surface area contributed by atoms with Crippen LogP contribution in [0.2, 0.25) is 0 Å². The van der Waals surface area contributed by atoms with Crippen LogP contribution in [0.5, 0.6) is 0 Å². The number of benzene rings is 1. The van der Waals surface area contributed by atoms with Gasteiger partial charge < -0.3 is 4.90 Å². The first kappa shape index (κ1) is 17.3. The second kappa shape index (κ2) is 7.13. The van der Waals surface area contributed by atoms with E-state index in [0.29, 0.717) is 25.1 Å². The van der Waals surface area contributed by atoms with Crippen LogP contribution in [0, 0.1) is 11.6 Å². The molecular formula is C18H23F3N2O. The molecule has 1 spiro atoms. The van der Waals surface area contributed by atoms with Crippen molar-refractivity contribution >= 4 is 5.91 Å². The molecule has 1 amide bonds. The number of likely N-dealkylation sites (tertiary alicyclic amines) is 2. The van der Waals surface area contributed by atoms with Crippen molar-refractivity contribution in [2.75, 3.05) is 26.3 Å². The first-order valence-electron chi connectivity index (χ1n) is 8.57. The highest BCUT2D eigenvalue weighted by Gasteiger charge is 2.45. The lowest BCUT2D eigenvalue weighted by atomic mass is 9.88. The van der Waals surface area contributed by atoms with Crippen molar-refractivity contribution < 1.29 is 18.0 Å². The molecule has 0 N–H and O–H groups in total. The van der Waals surface area contributed by atoms with E-state index in [0.717, 1.165) is 44.4 Å². The quantitative estimate of drug-likeness (QED) is 0.840. The van der Waals surface area contributed by atoms with Gasteiger partial charge in [-0.2, -0.15) is 0 Å². The predicted molar refractivity (Wildman–Crippen MR) is 85.1 cm³/mol. The van der Waals surface area contributed by atoms with Crippen molar-refractivity contribution in [1.82, 2.24) is 9.80 Å². The zero-order valence-electron chi connectivity index (χ0n) is 13.7. The average molecular weight is 340 g/mol. The standard InChI is InChI=1S/C18H23F3N2O/c19-8-11-23-17(24)4-6-18(23)5-1-9-22(10-7-18)13-14-12-15(20)2-3-16(14)21/h2-3,12H,1,4-11,13H2. The molecule has 2 aliphatic rings. The number of alkyl halides is 1. The molecule has 0 bridgehead atoms. The number of carbonyl (C=O) groups excluding carboxylic acids is 1. The molecular weight excluding hydrogens is 317 g/mol. The second-order valence-electron chi connectivity index (χ2n) is 6.82. The lowest BCUT2D eigenvalue weighted by Crippen LogP contribution is -2.47. The summed E-state index contributed by atoms with van der Waals surface area (Å²) in [6.07, 6.45) is 3.73. The van der Waals surface area contributed by atoms with Gasteiger partial charge in [0.05, 0.1) is 0 Å².